The second-order valence-electron chi connectivity index (χ2n) is 2.60. The summed E-state index contributed by atoms with van der Waals surface area (Å²) in [4.78, 5) is 10.7. The Bertz CT molecular complexity index is 88.9. The SMILES string of the molecule is CC(C)CCC(=O)CBr. The molecule has 0 aromatic carbocycles. The number of rotatable bonds is 4. The second-order valence-corrected chi connectivity index (χ2v) is 3.17. The van der Waals surface area contributed by atoms with E-state index >= 15 is 0 Å². The molecule has 0 aromatic heterocycles. The van der Waals surface area contributed by atoms with Gasteiger partial charge in [-0.2, -0.15) is 0 Å². The van der Waals surface area contributed by atoms with Gasteiger partial charge >= 0.3 is 0 Å². The quantitative estimate of drug-likeness (QED) is 0.626. The van der Waals surface area contributed by atoms with E-state index in [0.29, 0.717) is 17.0 Å². The van der Waals surface area contributed by atoms with Crippen LogP contribution in [0.5, 0.6) is 0 Å². The summed E-state index contributed by atoms with van der Waals surface area (Å²) in [5, 5.41) is 0.514. The van der Waals surface area contributed by atoms with Crippen molar-refractivity contribution in [3.8, 4) is 0 Å². The minimum Gasteiger partial charge on any atom is -0.299 e. The van der Waals surface area contributed by atoms with Gasteiger partial charge in [-0.05, 0) is 12.3 Å². The Balaban J connectivity index is 3.17. The summed E-state index contributed by atoms with van der Waals surface area (Å²) in [5.74, 6) is 0.955. The predicted octanol–water partition coefficient (Wildman–Crippen LogP) is 2.39. The summed E-state index contributed by atoms with van der Waals surface area (Å²) in [6.07, 6.45) is 1.74. The third-order valence-electron chi connectivity index (χ3n) is 1.15. The zero-order valence-electron chi connectivity index (χ0n) is 5.98. The fourth-order valence-corrected chi connectivity index (χ4v) is 0.797. The van der Waals surface area contributed by atoms with Gasteiger partial charge < -0.3 is 0 Å². The number of Topliss-reactive ketones (excluding diaryl/α,β-unsaturated/α-hetero) is 1. The molecule has 1 nitrogen and oxygen atoms in total. The van der Waals surface area contributed by atoms with Crippen LogP contribution >= 0.6 is 15.9 Å². The van der Waals surface area contributed by atoms with Gasteiger partial charge in [0, 0.05) is 6.42 Å². The van der Waals surface area contributed by atoms with Crippen molar-refractivity contribution in [1.29, 1.82) is 0 Å². The van der Waals surface area contributed by atoms with Crippen LogP contribution in [0.3, 0.4) is 0 Å². The van der Waals surface area contributed by atoms with Crippen molar-refractivity contribution in [3.63, 3.8) is 0 Å². The average molecular weight is 193 g/mol. The molecule has 0 N–H and O–H groups in total. The van der Waals surface area contributed by atoms with Gasteiger partial charge in [-0.3, -0.25) is 4.79 Å². The van der Waals surface area contributed by atoms with Crippen LogP contribution in [0, 0.1) is 5.92 Å². The highest BCUT2D eigenvalue weighted by atomic mass is 79.9. The number of alkyl halides is 1. The van der Waals surface area contributed by atoms with Crippen LogP contribution in [0.1, 0.15) is 26.7 Å². The van der Waals surface area contributed by atoms with E-state index in [2.05, 4.69) is 29.8 Å². The van der Waals surface area contributed by atoms with E-state index in [-0.39, 0.29) is 0 Å². The van der Waals surface area contributed by atoms with Crippen molar-refractivity contribution < 1.29 is 4.79 Å². The standard InChI is InChI=1S/C7H13BrO/c1-6(2)3-4-7(9)5-8/h6H,3-5H2,1-2H3. The maximum absolute atomic E-state index is 10.7. The largest absolute Gasteiger partial charge is 0.299 e. The number of carbonyl (C=O) groups excluding carboxylic acids is 1. The smallest absolute Gasteiger partial charge is 0.143 e. The molecule has 9 heavy (non-hydrogen) atoms. The molecule has 0 rings (SSSR count). The summed E-state index contributed by atoms with van der Waals surface area (Å²) in [7, 11) is 0. The van der Waals surface area contributed by atoms with E-state index in [9.17, 15) is 4.79 Å². The van der Waals surface area contributed by atoms with E-state index in [1.807, 2.05) is 0 Å². The fourth-order valence-electron chi connectivity index (χ4n) is 0.516. The van der Waals surface area contributed by atoms with Crippen LogP contribution in [0.25, 0.3) is 0 Å². The molecule has 54 valence electrons. The van der Waals surface area contributed by atoms with Crippen LogP contribution in [-0.2, 0) is 4.79 Å². The van der Waals surface area contributed by atoms with E-state index in [0.717, 1.165) is 12.8 Å². The number of halogens is 1. The maximum atomic E-state index is 10.7. The molecule has 0 aliphatic heterocycles. The van der Waals surface area contributed by atoms with Gasteiger partial charge in [0.2, 0.25) is 0 Å². The minimum atomic E-state index is 0.309. The van der Waals surface area contributed by atoms with Gasteiger partial charge in [0.1, 0.15) is 5.78 Å². The average Bonchev–Trinajstić information content (AvgIpc) is 1.83. The Morgan fingerprint density at radius 2 is 2.11 bits per heavy atom. The highest BCUT2D eigenvalue weighted by molar-refractivity contribution is 9.09. The normalized spacial score (nSPS) is 10.2. The lowest BCUT2D eigenvalue weighted by Crippen LogP contribution is -2.00. The monoisotopic (exact) mass is 192 g/mol. The van der Waals surface area contributed by atoms with Crippen molar-refractivity contribution in [2.45, 2.75) is 26.7 Å². The molecule has 0 radical (unpaired) electrons. The lowest BCUT2D eigenvalue weighted by Gasteiger charge is -1.99. The van der Waals surface area contributed by atoms with Crippen LogP contribution in [-0.4, -0.2) is 11.1 Å². The van der Waals surface area contributed by atoms with Gasteiger partial charge in [-0.15, -0.1) is 0 Å². The Morgan fingerprint density at radius 1 is 1.56 bits per heavy atom. The third kappa shape index (κ3) is 6.03. The van der Waals surface area contributed by atoms with Crippen molar-refractivity contribution in [3.05, 3.63) is 0 Å². The molecule has 0 atom stereocenters. The van der Waals surface area contributed by atoms with Crippen molar-refractivity contribution >= 4 is 21.7 Å². The van der Waals surface area contributed by atoms with E-state index in [1.165, 1.54) is 0 Å². The molecular weight excluding hydrogens is 180 g/mol. The van der Waals surface area contributed by atoms with Gasteiger partial charge in [0.25, 0.3) is 0 Å². The highest BCUT2D eigenvalue weighted by Crippen LogP contribution is 2.04. The van der Waals surface area contributed by atoms with Gasteiger partial charge in [-0.1, -0.05) is 29.8 Å². The number of hydrogen-bond acceptors (Lipinski definition) is 1. The molecular formula is C7H13BrO. The summed E-state index contributed by atoms with van der Waals surface area (Å²) in [6, 6.07) is 0. The lowest BCUT2D eigenvalue weighted by molar-refractivity contribution is -0.116. The molecule has 0 saturated heterocycles. The maximum Gasteiger partial charge on any atom is 0.143 e. The van der Waals surface area contributed by atoms with Gasteiger partial charge in [-0.25, -0.2) is 0 Å². The summed E-state index contributed by atoms with van der Waals surface area (Å²) >= 11 is 3.12. The number of hydrogen-bond donors (Lipinski definition) is 0. The molecule has 0 unspecified atom stereocenters. The van der Waals surface area contributed by atoms with Crippen LogP contribution < -0.4 is 0 Å². The first kappa shape index (κ1) is 9.15. The molecule has 0 heterocycles. The second kappa shape index (κ2) is 4.98. The molecule has 0 amide bonds. The summed E-state index contributed by atoms with van der Waals surface area (Å²) < 4.78 is 0. The van der Waals surface area contributed by atoms with Gasteiger partial charge in [0.05, 0.1) is 5.33 Å². The Labute approximate surface area is 65.0 Å². The molecule has 0 aliphatic rings. The van der Waals surface area contributed by atoms with Crippen LogP contribution in [0.2, 0.25) is 0 Å². The van der Waals surface area contributed by atoms with Crippen molar-refractivity contribution in [2.75, 3.05) is 5.33 Å². The molecule has 0 aliphatic carbocycles. The fraction of sp³-hybridized carbons (Fsp3) is 0.857. The Hall–Kier alpha value is 0.150. The number of ketones is 1. The molecule has 2 heteroatoms. The van der Waals surface area contributed by atoms with Crippen LogP contribution in [0.4, 0.5) is 0 Å². The van der Waals surface area contributed by atoms with E-state index < -0.39 is 0 Å². The lowest BCUT2D eigenvalue weighted by atomic mass is 10.1. The molecule has 0 spiro atoms. The topological polar surface area (TPSA) is 17.1 Å². The summed E-state index contributed by atoms with van der Waals surface area (Å²) in [6.45, 7) is 4.25. The molecule has 0 fully saturated rings. The van der Waals surface area contributed by atoms with E-state index in [1.54, 1.807) is 0 Å². The highest BCUT2D eigenvalue weighted by Gasteiger charge is 1.99. The Kier molecular flexibility index (Phi) is 5.06. The zero-order valence-corrected chi connectivity index (χ0v) is 7.57. The Morgan fingerprint density at radius 3 is 2.44 bits per heavy atom. The zero-order chi connectivity index (χ0) is 7.28. The molecule has 0 aromatic rings. The number of carbonyl (C=O) groups is 1. The minimum absolute atomic E-state index is 0.309. The first-order chi connectivity index (χ1) is 4.16. The van der Waals surface area contributed by atoms with Gasteiger partial charge in [0.15, 0.2) is 0 Å². The van der Waals surface area contributed by atoms with Crippen LogP contribution in [0.15, 0.2) is 0 Å². The first-order valence-corrected chi connectivity index (χ1v) is 4.36. The molecule has 0 saturated carbocycles. The predicted molar refractivity (Wildman–Crippen MR) is 42.9 cm³/mol. The van der Waals surface area contributed by atoms with Crippen molar-refractivity contribution in [1.82, 2.24) is 0 Å². The molecule has 0 bridgehead atoms. The third-order valence-corrected chi connectivity index (χ3v) is 1.77. The summed E-state index contributed by atoms with van der Waals surface area (Å²) in [5.41, 5.74) is 0. The van der Waals surface area contributed by atoms with Crippen molar-refractivity contribution in [2.24, 2.45) is 5.92 Å². The van der Waals surface area contributed by atoms with E-state index in [4.69, 9.17) is 0 Å². The first-order valence-electron chi connectivity index (χ1n) is 3.24.